The van der Waals surface area contributed by atoms with Crippen LogP contribution >= 0.6 is 11.6 Å². The maximum absolute atomic E-state index is 11.8. The van der Waals surface area contributed by atoms with Crippen molar-refractivity contribution < 1.29 is 9.53 Å². The van der Waals surface area contributed by atoms with Crippen molar-refractivity contribution in [3.05, 3.63) is 9.50 Å². The van der Waals surface area contributed by atoms with Gasteiger partial charge in [0.2, 0.25) is 0 Å². The third-order valence-electron chi connectivity index (χ3n) is 2.37. The Morgan fingerprint density at radius 2 is 1.82 bits per heavy atom. The average molecular weight is 326 g/mol. The molecule has 0 saturated carbocycles. The Balaban J connectivity index is 4.24. The van der Waals surface area contributed by atoms with Crippen molar-refractivity contribution in [3.63, 3.8) is 0 Å². The van der Waals surface area contributed by atoms with E-state index >= 15 is 0 Å². The molecule has 0 aliphatic carbocycles. The molecule has 0 bridgehead atoms. The second kappa shape index (κ2) is 11.1. The summed E-state index contributed by atoms with van der Waals surface area (Å²) in [4.78, 5) is 11.8. The number of unbranched alkanes of at least 4 members (excludes halogenated alkanes) is 3. The Hall–Kier alpha value is 0.0195. The molecule has 100 valence electrons. The van der Waals surface area contributed by atoms with E-state index in [1.165, 1.54) is 0 Å². The third kappa shape index (κ3) is 7.86. The van der Waals surface area contributed by atoms with Crippen LogP contribution in [-0.2, 0) is 9.53 Å². The van der Waals surface area contributed by atoms with Crippen LogP contribution < -0.4 is 0 Å². The Labute approximate surface area is 116 Å². The molecule has 0 fully saturated rings. The molecule has 0 radical (unpaired) electrons. The first-order valence-electron chi connectivity index (χ1n) is 6.27. The van der Waals surface area contributed by atoms with Crippen LogP contribution in [0.3, 0.4) is 0 Å². The van der Waals surface area contributed by atoms with Crippen LogP contribution in [0.1, 0.15) is 52.4 Å². The van der Waals surface area contributed by atoms with E-state index in [0.29, 0.717) is 16.1 Å². The van der Waals surface area contributed by atoms with Gasteiger partial charge in [-0.3, -0.25) is 0 Å². The van der Waals surface area contributed by atoms with Crippen LogP contribution in [0.15, 0.2) is 9.50 Å². The molecule has 0 N–H and O–H groups in total. The number of hydrogen-bond donors (Lipinski definition) is 0. The zero-order valence-corrected chi connectivity index (χ0v) is 13.5. The van der Waals surface area contributed by atoms with Gasteiger partial charge >= 0.3 is 116 Å². The number of esters is 1. The first-order chi connectivity index (χ1) is 8.17. The minimum atomic E-state index is -0.206. The van der Waals surface area contributed by atoms with Crippen molar-refractivity contribution in [2.45, 2.75) is 58.2 Å². The summed E-state index contributed by atoms with van der Waals surface area (Å²) in [7, 11) is 0. The second-order valence-electron chi connectivity index (χ2n) is 3.88. The SMILES string of the molecule is CCCCC/C(Cl)=C(\[Se]C)C(=O)OCCCC. The zero-order valence-electron chi connectivity index (χ0n) is 11.1. The van der Waals surface area contributed by atoms with E-state index < -0.39 is 0 Å². The van der Waals surface area contributed by atoms with E-state index in [2.05, 4.69) is 13.8 Å². The minimum absolute atomic E-state index is 0.104. The predicted octanol–water partition coefficient (Wildman–Crippen LogP) is 4.11. The van der Waals surface area contributed by atoms with Gasteiger partial charge in [0.1, 0.15) is 0 Å². The van der Waals surface area contributed by atoms with Gasteiger partial charge in [0.15, 0.2) is 0 Å². The van der Waals surface area contributed by atoms with Crippen molar-refractivity contribution in [2.75, 3.05) is 6.61 Å². The van der Waals surface area contributed by atoms with Gasteiger partial charge in [-0.1, -0.05) is 0 Å². The van der Waals surface area contributed by atoms with Crippen molar-refractivity contribution in [3.8, 4) is 0 Å². The normalized spacial score (nSPS) is 12.2. The number of ether oxygens (including phenoxy) is 1. The summed E-state index contributed by atoms with van der Waals surface area (Å²) in [6, 6.07) is 0. The van der Waals surface area contributed by atoms with Crippen molar-refractivity contribution in [1.82, 2.24) is 0 Å². The van der Waals surface area contributed by atoms with Crippen LogP contribution in [0, 0.1) is 0 Å². The Kier molecular flexibility index (Phi) is 11.1. The van der Waals surface area contributed by atoms with Gasteiger partial charge in [-0.2, -0.15) is 0 Å². The summed E-state index contributed by atoms with van der Waals surface area (Å²) >= 11 is 6.29. The summed E-state index contributed by atoms with van der Waals surface area (Å²) in [6.45, 7) is 4.74. The van der Waals surface area contributed by atoms with E-state index in [1.807, 2.05) is 5.82 Å². The van der Waals surface area contributed by atoms with Gasteiger partial charge < -0.3 is 0 Å². The quantitative estimate of drug-likeness (QED) is 0.276. The molecule has 0 amide bonds. The fourth-order valence-electron chi connectivity index (χ4n) is 1.32. The first-order valence-corrected chi connectivity index (χ1v) is 9.21. The molecular weight excluding hydrogens is 303 g/mol. The first kappa shape index (κ1) is 17.0. The van der Waals surface area contributed by atoms with Gasteiger partial charge in [0.05, 0.1) is 0 Å². The molecule has 0 spiro atoms. The molecule has 0 aliphatic rings. The third-order valence-corrected chi connectivity index (χ3v) is 4.72. The second-order valence-corrected chi connectivity index (χ2v) is 6.05. The van der Waals surface area contributed by atoms with Gasteiger partial charge in [0, 0.05) is 0 Å². The number of hydrogen-bond acceptors (Lipinski definition) is 2. The molecule has 17 heavy (non-hydrogen) atoms. The molecule has 0 aromatic heterocycles. The standard InChI is InChI=1S/C13H23ClO2Se/c1-4-6-8-9-11(14)12(17-3)13(15)16-10-7-5-2/h4-10H2,1-3H3/b12-11+. The van der Waals surface area contributed by atoms with Gasteiger partial charge in [0.25, 0.3) is 0 Å². The Morgan fingerprint density at radius 1 is 1.18 bits per heavy atom. The summed E-state index contributed by atoms with van der Waals surface area (Å²) in [5.74, 6) is 1.80. The van der Waals surface area contributed by atoms with Crippen LogP contribution in [0.4, 0.5) is 0 Å². The van der Waals surface area contributed by atoms with E-state index in [4.69, 9.17) is 16.3 Å². The fraction of sp³-hybridized carbons (Fsp3) is 0.769. The van der Waals surface area contributed by atoms with Crippen LogP contribution in [0.5, 0.6) is 0 Å². The molecule has 0 saturated heterocycles. The predicted molar refractivity (Wildman–Crippen MR) is 74.5 cm³/mol. The molecule has 0 unspecified atom stereocenters. The molecule has 0 rings (SSSR count). The number of carbonyl (C=O) groups excluding carboxylic acids is 1. The summed E-state index contributed by atoms with van der Waals surface area (Å²) in [5.41, 5.74) is 0. The van der Waals surface area contributed by atoms with E-state index in [0.717, 1.165) is 38.5 Å². The van der Waals surface area contributed by atoms with Crippen molar-refractivity contribution in [2.24, 2.45) is 0 Å². The van der Waals surface area contributed by atoms with Gasteiger partial charge in [-0.15, -0.1) is 0 Å². The van der Waals surface area contributed by atoms with E-state index in [1.54, 1.807) is 0 Å². The molecule has 0 atom stereocenters. The summed E-state index contributed by atoms with van der Waals surface area (Å²) < 4.78 is 5.91. The average Bonchev–Trinajstić information content (AvgIpc) is 2.30. The van der Waals surface area contributed by atoms with Gasteiger partial charge in [-0.25, -0.2) is 0 Å². The van der Waals surface area contributed by atoms with E-state index in [-0.39, 0.29) is 20.9 Å². The molecule has 0 aromatic rings. The molecular formula is C13H23ClO2Se. The van der Waals surface area contributed by atoms with Crippen molar-refractivity contribution in [1.29, 1.82) is 0 Å². The molecule has 2 nitrogen and oxygen atoms in total. The Morgan fingerprint density at radius 3 is 2.35 bits per heavy atom. The molecule has 4 heteroatoms. The zero-order chi connectivity index (χ0) is 13.1. The molecule has 0 aliphatic heterocycles. The molecule has 0 heterocycles. The van der Waals surface area contributed by atoms with E-state index in [9.17, 15) is 4.79 Å². The summed E-state index contributed by atoms with van der Waals surface area (Å²) in [6.07, 6.45) is 6.14. The number of carbonyl (C=O) groups is 1. The van der Waals surface area contributed by atoms with Crippen LogP contribution in [0.2, 0.25) is 5.82 Å². The summed E-state index contributed by atoms with van der Waals surface area (Å²) in [5, 5.41) is 0.711. The number of allylic oxidation sites excluding steroid dienone is 1. The number of rotatable bonds is 9. The van der Waals surface area contributed by atoms with Crippen molar-refractivity contribution >= 4 is 32.5 Å². The van der Waals surface area contributed by atoms with Crippen LogP contribution in [-0.4, -0.2) is 27.5 Å². The Bertz CT molecular complexity index is 252. The topological polar surface area (TPSA) is 26.3 Å². The fourth-order valence-corrected chi connectivity index (χ4v) is 3.09. The molecule has 0 aromatic carbocycles. The van der Waals surface area contributed by atoms with Crippen LogP contribution in [0.25, 0.3) is 0 Å². The monoisotopic (exact) mass is 326 g/mol. The van der Waals surface area contributed by atoms with Gasteiger partial charge in [-0.05, 0) is 0 Å². The number of halogens is 1. The maximum atomic E-state index is 11.8.